The first kappa shape index (κ1) is 28.9. The second-order valence-electron chi connectivity index (χ2n) is 9.28. The Morgan fingerprint density at radius 3 is 1.95 bits per heavy atom. The first-order valence-electron chi connectivity index (χ1n) is 13.2. The molecule has 1 amide bonds. The summed E-state index contributed by atoms with van der Waals surface area (Å²) >= 11 is 0. The van der Waals surface area contributed by atoms with Gasteiger partial charge in [-0.05, 0) is 70.5 Å². The summed E-state index contributed by atoms with van der Waals surface area (Å²) in [5.74, 6) is 0.508. The monoisotopic (exact) mass is 560 g/mol. The number of aliphatic carboxylic acids is 1. The fourth-order valence-corrected chi connectivity index (χ4v) is 4.50. The van der Waals surface area contributed by atoms with Gasteiger partial charge in [0.05, 0.1) is 6.61 Å². The maximum absolute atomic E-state index is 12.0. The Morgan fingerprint density at radius 1 is 0.850 bits per heavy atom. The Hall–Kier alpha value is -4.14. The van der Waals surface area contributed by atoms with Gasteiger partial charge in [-0.15, -0.1) is 5.10 Å². The minimum atomic E-state index is -0.871. The number of ether oxygens (including phenoxy) is 1. The van der Waals surface area contributed by atoms with Crippen LogP contribution >= 0.6 is 9.39 Å². The number of aromatic amines is 1. The highest BCUT2D eigenvalue weighted by Gasteiger charge is 2.13. The van der Waals surface area contributed by atoms with E-state index in [1.165, 1.54) is 0 Å². The largest absolute Gasteiger partial charge is 0.494 e. The van der Waals surface area contributed by atoms with E-state index in [1.54, 1.807) is 0 Å². The van der Waals surface area contributed by atoms with Crippen molar-refractivity contribution >= 4 is 21.3 Å². The molecule has 0 fully saturated rings. The van der Waals surface area contributed by atoms with E-state index in [9.17, 15) is 9.59 Å². The number of tetrazole rings is 1. The third-order valence-corrected chi connectivity index (χ3v) is 6.87. The number of carboxylic acids is 1. The van der Waals surface area contributed by atoms with Crippen molar-refractivity contribution in [1.82, 2.24) is 31.0 Å². The van der Waals surface area contributed by atoms with Crippen molar-refractivity contribution in [2.45, 2.75) is 38.1 Å². The Bertz CT molecular complexity index is 1350. The molecule has 2 atom stereocenters. The Balaban J connectivity index is 1.16. The minimum Gasteiger partial charge on any atom is -0.494 e. The van der Waals surface area contributed by atoms with E-state index in [0.29, 0.717) is 38.2 Å². The Labute approximate surface area is 235 Å². The van der Waals surface area contributed by atoms with Gasteiger partial charge in [0.15, 0.2) is 5.82 Å². The van der Waals surface area contributed by atoms with Crippen molar-refractivity contribution < 1.29 is 19.4 Å². The normalized spacial score (nSPS) is 11.6. The van der Waals surface area contributed by atoms with Gasteiger partial charge in [0.2, 0.25) is 5.91 Å². The molecule has 11 heteroatoms. The van der Waals surface area contributed by atoms with E-state index in [4.69, 9.17) is 9.84 Å². The second kappa shape index (κ2) is 14.9. The zero-order valence-corrected chi connectivity index (χ0v) is 23.2. The summed E-state index contributed by atoms with van der Waals surface area (Å²) in [5, 5.41) is 28.5. The summed E-state index contributed by atoms with van der Waals surface area (Å²) in [7, 11) is 2.23. The number of rotatable bonds is 15. The minimum absolute atomic E-state index is 0.0237. The van der Waals surface area contributed by atoms with Crippen molar-refractivity contribution in [2.24, 2.45) is 0 Å². The molecule has 0 bridgehead atoms. The van der Waals surface area contributed by atoms with Gasteiger partial charge in [-0.1, -0.05) is 70.1 Å². The summed E-state index contributed by atoms with van der Waals surface area (Å²) in [5.41, 5.74) is 5.36. The summed E-state index contributed by atoms with van der Waals surface area (Å²) in [4.78, 5) is 23.0. The molecule has 0 aliphatic carbocycles. The zero-order chi connectivity index (χ0) is 28.2. The third-order valence-electron chi connectivity index (χ3n) is 6.47. The maximum atomic E-state index is 12.0. The van der Waals surface area contributed by atoms with E-state index < -0.39 is 12.0 Å². The van der Waals surface area contributed by atoms with E-state index in [-0.39, 0.29) is 5.91 Å². The number of carboxylic acid groups (broad SMARTS) is 1. The van der Waals surface area contributed by atoms with Crippen LogP contribution in [-0.4, -0.2) is 56.8 Å². The second-order valence-corrected chi connectivity index (χ2v) is 9.62. The molecule has 3 aromatic carbocycles. The standard InChI is InChI=1S/C29H33N6O4P/c36-27(30-18-2-1-4-26(33-40)29(37)38)5-3-19-39-25-16-14-23(15-17-25)21-8-6-20(7-9-21)22-10-12-24(13-11-22)28-31-34-35-32-28/h6-17,26,33H,1-5,18-19,40H2,(H,30,36)(H,37,38)(H,31,32,34,35)/t26-/m0/s1. The SMILES string of the molecule is O=C(CCCOc1ccc(-c2ccc(-c3ccc(-c4nnn[nH]4)cc3)cc2)cc1)NCCCC[C@H](NP)C(=O)O. The van der Waals surface area contributed by atoms with Crippen LogP contribution in [-0.2, 0) is 9.59 Å². The van der Waals surface area contributed by atoms with Crippen LogP contribution in [0.3, 0.4) is 0 Å². The number of hydrogen-bond donors (Lipinski definition) is 4. The van der Waals surface area contributed by atoms with Gasteiger partial charge in [-0.2, -0.15) is 0 Å². The van der Waals surface area contributed by atoms with Crippen LogP contribution in [0.1, 0.15) is 32.1 Å². The van der Waals surface area contributed by atoms with Crippen LogP contribution in [0.15, 0.2) is 72.8 Å². The summed E-state index contributed by atoms with van der Waals surface area (Å²) in [6, 6.07) is 23.8. The van der Waals surface area contributed by atoms with E-state index in [0.717, 1.165) is 46.4 Å². The highest BCUT2D eigenvalue weighted by atomic mass is 31.0. The van der Waals surface area contributed by atoms with E-state index in [2.05, 4.69) is 64.7 Å². The van der Waals surface area contributed by atoms with Crippen LogP contribution in [0.5, 0.6) is 5.75 Å². The van der Waals surface area contributed by atoms with Gasteiger partial charge in [0.25, 0.3) is 0 Å². The molecule has 208 valence electrons. The highest BCUT2D eigenvalue weighted by molar-refractivity contribution is 7.13. The van der Waals surface area contributed by atoms with Crippen LogP contribution in [0.25, 0.3) is 33.6 Å². The predicted octanol–water partition coefficient (Wildman–Crippen LogP) is 4.48. The maximum Gasteiger partial charge on any atom is 0.320 e. The van der Waals surface area contributed by atoms with Crippen molar-refractivity contribution in [3.05, 3.63) is 72.8 Å². The molecular weight excluding hydrogens is 527 g/mol. The van der Waals surface area contributed by atoms with Gasteiger partial charge in [-0.3, -0.25) is 14.7 Å². The molecule has 1 unspecified atom stereocenters. The van der Waals surface area contributed by atoms with Crippen molar-refractivity contribution in [3.8, 4) is 39.4 Å². The number of benzene rings is 3. The first-order valence-corrected chi connectivity index (χ1v) is 13.7. The van der Waals surface area contributed by atoms with Crippen molar-refractivity contribution in [1.29, 1.82) is 0 Å². The van der Waals surface area contributed by atoms with Crippen LogP contribution < -0.4 is 15.1 Å². The van der Waals surface area contributed by atoms with Crippen molar-refractivity contribution in [3.63, 3.8) is 0 Å². The van der Waals surface area contributed by atoms with Crippen LogP contribution in [0.2, 0.25) is 0 Å². The van der Waals surface area contributed by atoms with Crippen LogP contribution in [0.4, 0.5) is 0 Å². The quantitative estimate of drug-likeness (QED) is 0.123. The van der Waals surface area contributed by atoms with E-state index in [1.807, 2.05) is 48.5 Å². The first-order chi connectivity index (χ1) is 19.5. The van der Waals surface area contributed by atoms with Crippen molar-refractivity contribution in [2.75, 3.05) is 13.2 Å². The molecule has 4 aromatic rings. The molecule has 0 aliphatic heterocycles. The molecule has 40 heavy (non-hydrogen) atoms. The summed E-state index contributed by atoms with van der Waals surface area (Å²) in [6.45, 7) is 0.993. The zero-order valence-electron chi connectivity index (χ0n) is 22.0. The molecular formula is C29H33N6O4P. The summed E-state index contributed by atoms with van der Waals surface area (Å²) < 4.78 is 5.81. The lowest BCUT2D eigenvalue weighted by molar-refractivity contribution is -0.139. The number of aromatic nitrogens is 4. The molecule has 10 nitrogen and oxygen atoms in total. The Kier molecular flexibility index (Phi) is 10.7. The molecule has 0 saturated carbocycles. The molecule has 4 N–H and O–H groups in total. The lowest BCUT2D eigenvalue weighted by atomic mass is 9.99. The smallest absolute Gasteiger partial charge is 0.320 e. The van der Waals surface area contributed by atoms with Gasteiger partial charge < -0.3 is 15.2 Å². The molecule has 1 aromatic heterocycles. The topological polar surface area (TPSA) is 142 Å². The van der Waals surface area contributed by atoms with Crippen LogP contribution in [0, 0.1) is 0 Å². The number of hydrogen-bond acceptors (Lipinski definition) is 7. The average molecular weight is 561 g/mol. The Morgan fingerprint density at radius 2 is 1.43 bits per heavy atom. The number of carbonyl (C=O) groups is 2. The predicted molar refractivity (Wildman–Crippen MR) is 156 cm³/mol. The highest BCUT2D eigenvalue weighted by Crippen LogP contribution is 2.27. The number of unbranched alkanes of at least 4 members (excludes halogenated alkanes) is 1. The molecule has 0 radical (unpaired) electrons. The number of amides is 1. The van der Waals surface area contributed by atoms with Gasteiger partial charge in [-0.25, -0.2) is 5.10 Å². The molecule has 0 saturated heterocycles. The average Bonchev–Trinajstić information content (AvgIpc) is 3.53. The lowest BCUT2D eigenvalue weighted by Crippen LogP contribution is -2.30. The number of nitrogens with one attached hydrogen (secondary N) is 3. The molecule has 0 aliphatic rings. The number of nitrogens with zero attached hydrogens (tertiary/aromatic N) is 3. The third kappa shape index (κ3) is 8.43. The fourth-order valence-electron chi connectivity index (χ4n) is 4.19. The number of carbonyl (C=O) groups excluding carboxylic acids is 1. The molecule has 4 rings (SSSR count). The number of H-pyrrole nitrogens is 1. The summed E-state index contributed by atoms with van der Waals surface area (Å²) in [6.07, 6.45) is 2.98. The fraction of sp³-hybridized carbons (Fsp3) is 0.276. The molecule has 1 heterocycles. The van der Waals surface area contributed by atoms with E-state index >= 15 is 0 Å². The van der Waals surface area contributed by atoms with Gasteiger partial charge >= 0.3 is 5.97 Å². The van der Waals surface area contributed by atoms with Gasteiger partial charge in [0.1, 0.15) is 11.8 Å². The van der Waals surface area contributed by atoms with Gasteiger partial charge in [0, 0.05) is 18.5 Å². The molecule has 0 spiro atoms. The lowest BCUT2D eigenvalue weighted by Gasteiger charge is -2.11.